The Morgan fingerprint density at radius 3 is 2.93 bits per heavy atom. The molecule has 2 N–H and O–H groups in total. The molecule has 0 aromatic carbocycles. The van der Waals surface area contributed by atoms with Crippen LogP contribution in [0.25, 0.3) is 0 Å². The zero-order valence-electron chi connectivity index (χ0n) is 8.25. The molecule has 0 spiro atoms. The number of hydrogen-bond acceptors (Lipinski definition) is 4. The van der Waals surface area contributed by atoms with E-state index in [2.05, 4.69) is 5.32 Å². The van der Waals surface area contributed by atoms with E-state index >= 15 is 0 Å². The number of β-amino-alcohol motifs (C(OH)–C–C–N with tert-alkyl or cyclic N) is 1. The number of esters is 1. The minimum absolute atomic E-state index is 0.306. The van der Waals surface area contributed by atoms with E-state index in [4.69, 9.17) is 16.3 Å². The van der Waals surface area contributed by atoms with Crippen LogP contribution in [-0.4, -0.2) is 42.3 Å². The number of alkyl halides is 1. The first kappa shape index (κ1) is 11.8. The number of carbonyl (C=O) groups is 1. The van der Waals surface area contributed by atoms with Gasteiger partial charge in [0.2, 0.25) is 0 Å². The summed E-state index contributed by atoms with van der Waals surface area (Å²) in [5.41, 5.74) is -0.719. The highest BCUT2D eigenvalue weighted by Crippen LogP contribution is 2.26. The standard InChI is InChI=1S/C9H16ClNO3/c1-14-8(13)9(3-2-4-10)5-7(12)6-11-9/h7,11-12H,2-6H2,1H3/t7-,9?/m0/s1. The first-order valence-corrected chi connectivity index (χ1v) is 5.25. The lowest BCUT2D eigenvalue weighted by atomic mass is 9.91. The molecule has 0 radical (unpaired) electrons. The molecule has 0 aromatic rings. The Hall–Kier alpha value is -0.320. The summed E-state index contributed by atoms with van der Waals surface area (Å²) in [5, 5.41) is 12.4. The quantitative estimate of drug-likeness (QED) is 0.529. The molecule has 1 unspecified atom stereocenters. The fourth-order valence-corrected chi connectivity index (χ4v) is 2.01. The van der Waals surface area contributed by atoms with Gasteiger partial charge in [-0.15, -0.1) is 11.6 Å². The average Bonchev–Trinajstić information content (AvgIpc) is 2.57. The molecule has 5 heteroatoms. The Bertz CT molecular complexity index is 212. The van der Waals surface area contributed by atoms with Gasteiger partial charge in [-0.25, -0.2) is 0 Å². The van der Waals surface area contributed by atoms with E-state index in [0.29, 0.717) is 25.3 Å². The Kier molecular flexibility index (Phi) is 4.16. The zero-order valence-corrected chi connectivity index (χ0v) is 9.01. The molecule has 0 saturated carbocycles. The van der Waals surface area contributed by atoms with Crippen molar-refractivity contribution >= 4 is 17.6 Å². The van der Waals surface area contributed by atoms with Crippen LogP contribution in [0.1, 0.15) is 19.3 Å². The number of rotatable bonds is 4. The van der Waals surface area contributed by atoms with Crippen molar-refractivity contribution < 1.29 is 14.6 Å². The van der Waals surface area contributed by atoms with E-state index in [-0.39, 0.29) is 5.97 Å². The highest BCUT2D eigenvalue weighted by Gasteiger charge is 2.44. The van der Waals surface area contributed by atoms with Gasteiger partial charge in [0, 0.05) is 18.8 Å². The predicted octanol–water partition coefficient (Wildman–Crippen LogP) is 0.271. The maximum atomic E-state index is 11.5. The minimum Gasteiger partial charge on any atom is -0.468 e. The second kappa shape index (κ2) is 4.96. The summed E-state index contributed by atoms with van der Waals surface area (Å²) in [7, 11) is 1.36. The number of aliphatic hydroxyl groups excluding tert-OH is 1. The summed E-state index contributed by atoms with van der Waals surface area (Å²) >= 11 is 5.58. The Morgan fingerprint density at radius 2 is 2.50 bits per heavy atom. The third kappa shape index (κ3) is 2.38. The SMILES string of the molecule is COC(=O)C1(CCCCl)C[C@H](O)CN1. The van der Waals surface area contributed by atoms with Gasteiger partial charge in [-0.05, 0) is 12.8 Å². The molecule has 1 rings (SSSR count). The molecule has 4 nitrogen and oxygen atoms in total. The molecule has 14 heavy (non-hydrogen) atoms. The van der Waals surface area contributed by atoms with Crippen LogP contribution in [0.5, 0.6) is 0 Å². The van der Waals surface area contributed by atoms with Crippen LogP contribution in [0, 0.1) is 0 Å². The van der Waals surface area contributed by atoms with Gasteiger partial charge in [-0.2, -0.15) is 0 Å². The van der Waals surface area contributed by atoms with Crippen molar-refractivity contribution in [3.05, 3.63) is 0 Å². The summed E-state index contributed by atoms with van der Waals surface area (Å²) < 4.78 is 4.73. The summed E-state index contributed by atoms with van der Waals surface area (Å²) in [6.07, 6.45) is 1.29. The molecule has 2 atom stereocenters. The van der Waals surface area contributed by atoms with Gasteiger partial charge in [-0.1, -0.05) is 0 Å². The molecule has 0 amide bonds. The van der Waals surface area contributed by atoms with E-state index in [9.17, 15) is 9.90 Å². The predicted molar refractivity (Wildman–Crippen MR) is 53.3 cm³/mol. The van der Waals surface area contributed by atoms with Crippen molar-refractivity contribution in [2.75, 3.05) is 19.5 Å². The maximum Gasteiger partial charge on any atom is 0.326 e. The highest BCUT2D eigenvalue weighted by atomic mass is 35.5. The number of nitrogens with one attached hydrogen (secondary N) is 1. The molecule has 1 aliphatic rings. The van der Waals surface area contributed by atoms with Gasteiger partial charge in [0.1, 0.15) is 5.54 Å². The number of methoxy groups -OCH3 is 1. The maximum absolute atomic E-state index is 11.5. The zero-order chi connectivity index (χ0) is 10.6. The molecule has 1 saturated heterocycles. The molecular weight excluding hydrogens is 206 g/mol. The van der Waals surface area contributed by atoms with Gasteiger partial charge >= 0.3 is 5.97 Å². The molecule has 1 heterocycles. The number of hydrogen-bond donors (Lipinski definition) is 2. The van der Waals surface area contributed by atoms with Gasteiger partial charge in [0.05, 0.1) is 13.2 Å². The number of aliphatic hydroxyl groups is 1. The van der Waals surface area contributed by atoms with Crippen LogP contribution in [0.15, 0.2) is 0 Å². The highest BCUT2D eigenvalue weighted by molar-refractivity contribution is 6.17. The first-order chi connectivity index (χ1) is 6.64. The van der Waals surface area contributed by atoms with Gasteiger partial charge in [-0.3, -0.25) is 10.1 Å². The van der Waals surface area contributed by atoms with Gasteiger partial charge < -0.3 is 9.84 Å². The van der Waals surface area contributed by atoms with Gasteiger partial charge in [0.15, 0.2) is 0 Å². The Labute approximate surface area is 88.6 Å². The van der Waals surface area contributed by atoms with Crippen molar-refractivity contribution in [3.8, 4) is 0 Å². The monoisotopic (exact) mass is 221 g/mol. The molecule has 82 valence electrons. The van der Waals surface area contributed by atoms with E-state index in [0.717, 1.165) is 6.42 Å². The molecule has 0 bridgehead atoms. The number of carbonyl (C=O) groups excluding carboxylic acids is 1. The molecule has 1 aliphatic heterocycles. The molecule has 1 fully saturated rings. The van der Waals surface area contributed by atoms with Gasteiger partial charge in [0.25, 0.3) is 0 Å². The summed E-state index contributed by atoms with van der Waals surface area (Å²) in [4.78, 5) is 11.5. The molecule has 0 aliphatic carbocycles. The summed E-state index contributed by atoms with van der Waals surface area (Å²) in [6.45, 7) is 0.442. The fourth-order valence-electron chi connectivity index (χ4n) is 1.87. The fraction of sp³-hybridized carbons (Fsp3) is 0.889. The smallest absolute Gasteiger partial charge is 0.326 e. The second-order valence-electron chi connectivity index (χ2n) is 3.61. The average molecular weight is 222 g/mol. The van der Waals surface area contributed by atoms with Crippen LogP contribution in [0.2, 0.25) is 0 Å². The summed E-state index contributed by atoms with van der Waals surface area (Å²) in [6, 6.07) is 0. The van der Waals surface area contributed by atoms with Crippen molar-refractivity contribution in [2.45, 2.75) is 30.9 Å². The lowest BCUT2D eigenvalue weighted by Gasteiger charge is -2.25. The topological polar surface area (TPSA) is 58.6 Å². The van der Waals surface area contributed by atoms with Crippen LogP contribution in [0.4, 0.5) is 0 Å². The normalized spacial score (nSPS) is 31.8. The number of halogens is 1. The van der Waals surface area contributed by atoms with Crippen LogP contribution in [0.3, 0.4) is 0 Å². The van der Waals surface area contributed by atoms with Crippen molar-refractivity contribution in [1.29, 1.82) is 0 Å². The van der Waals surface area contributed by atoms with Crippen LogP contribution < -0.4 is 5.32 Å². The largest absolute Gasteiger partial charge is 0.468 e. The Morgan fingerprint density at radius 1 is 1.79 bits per heavy atom. The third-order valence-electron chi connectivity index (χ3n) is 2.57. The second-order valence-corrected chi connectivity index (χ2v) is 3.98. The molecule has 0 aromatic heterocycles. The lowest BCUT2D eigenvalue weighted by Crippen LogP contribution is -2.48. The van der Waals surface area contributed by atoms with E-state index in [1.807, 2.05) is 0 Å². The van der Waals surface area contributed by atoms with Crippen molar-refractivity contribution in [1.82, 2.24) is 5.32 Å². The van der Waals surface area contributed by atoms with E-state index in [1.54, 1.807) is 0 Å². The van der Waals surface area contributed by atoms with Crippen molar-refractivity contribution in [2.24, 2.45) is 0 Å². The van der Waals surface area contributed by atoms with Crippen LogP contribution in [-0.2, 0) is 9.53 Å². The Balaban J connectivity index is 2.65. The minimum atomic E-state index is -0.719. The summed E-state index contributed by atoms with van der Waals surface area (Å²) in [5.74, 6) is 0.204. The lowest BCUT2D eigenvalue weighted by molar-refractivity contribution is -0.148. The first-order valence-electron chi connectivity index (χ1n) is 4.72. The number of ether oxygens (including phenoxy) is 1. The molecular formula is C9H16ClNO3. The van der Waals surface area contributed by atoms with Crippen LogP contribution >= 0.6 is 11.6 Å². The van der Waals surface area contributed by atoms with E-state index in [1.165, 1.54) is 7.11 Å². The van der Waals surface area contributed by atoms with E-state index < -0.39 is 11.6 Å². The van der Waals surface area contributed by atoms with Crippen molar-refractivity contribution in [3.63, 3.8) is 0 Å². The third-order valence-corrected chi connectivity index (χ3v) is 2.84.